The minimum Gasteiger partial charge on any atom is -0.466 e. The molecule has 0 saturated carbocycles. The molecule has 1 aromatic heterocycles. The zero-order valence-electron chi connectivity index (χ0n) is 29.3. The standard InChI is InChI=1S/C40H55FN2O5/c1-4-5-6-7-8-9-10-11-12-13-14-15-16-17-18-21-26-47-38(46)28-33(36(44)30-41)27-37(45)40(31(2)3)29-35(43-48-40)39-34-23-20-19-22-32(34)24-25-42-39/h8-9,11-12,19-20,22-25,31,33H,4-7,10,13-18,21,26-30H2,1-3H3/b9-8+,12-11+/t33-,40+/m0/s1. The Morgan fingerprint density at radius 3 is 2.31 bits per heavy atom. The van der Waals surface area contributed by atoms with E-state index in [1.807, 2.05) is 44.2 Å². The van der Waals surface area contributed by atoms with E-state index in [2.05, 4.69) is 41.4 Å². The number of fused-ring (bicyclic) bond motifs is 1. The van der Waals surface area contributed by atoms with E-state index in [1.54, 1.807) is 6.20 Å². The van der Waals surface area contributed by atoms with E-state index in [0.29, 0.717) is 11.4 Å². The third-order valence-corrected chi connectivity index (χ3v) is 9.14. The molecule has 2 heterocycles. The van der Waals surface area contributed by atoms with Crippen molar-refractivity contribution in [3.05, 3.63) is 66.5 Å². The first kappa shape index (κ1) is 38.8. The summed E-state index contributed by atoms with van der Waals surface area (Å²) >= 11 is 0. The van der Waals surface area contributed by atoms with Crippen molar-refractivity contribution < 1.29 is 28.3 Å². The Bertz CT molecular complexity index is 1400. The smallest absolute Gasteiger partial charge is 0.306 e. The van der Waals surface area contributed by atoms with Crippen LogP contribution in [0.25, 0.3) is 10.8 Å². The zero-order valence-corrected chi connectivity index (χ0v) is 29.3. The zero-order chi connectivity index (χ0) is 34.6. The van der Waals surface area contributed by atoms with Gasteiger partial charge in [0.1, 0.15) is 12.4 Å². The number of carbonyl (C=O) groups is 3. The average molecular weight is 663 g/mol. The Hall–Kier alpha value is -3.68. The molecule has 0 radical (unpaired) electrons. The highest BCUT2D eigenvalue weighted by Crippen LogP contribution is 2.37. The molecule has 48 heavy (non-hydrogen) atoms. The number of aromatic nitrogens is 1. The quantitative estimate of drug-likeness (QED) is 0.0631. The fourth-order valence-corrected chi connectivity index (χ4v) is 6.05. The van der Waals surface area contributed by atoms with Crippen LogP contribution in [0.3, 0.4) is 0 Å². The van der Waals surface area contributed by atoms with Crippen molar-refractivity contribution in [3.63, 3.8) is 0 Å². The van der Waals surface area contributed by atoms with Gasteiger partial charge in [-0.3, -0.25) is 19.4 Å². The summed E-state index contributed by atoms with van der Waals surface area (Å²) < 4.78 is 18.9. The second-order valence-electron chi connectivity index (χ2n) is 13.2. The van der Waals surface area contributed by atoms with Gasteiger partial charge in [0.25, 0.3) is 0 Å². The lowest BCUT2D eigenvalue weighted by Crippen LogP contribution is -2.45. The molecule has 262 valence electrons. The molecular weight excluding hydrogens is 607 g/mol. The van der Waals surface area contributed by atoms with E-state index in [-0.39, 0.29) is 37.6 Å². The number of pyridine rings is 1. The van der Waals surface area contributed by atoms with Crippen molar-refractivity contribution in [1.29, 1.82) is 0 Å². The first-order valence-electron chi connectivity index (χ1n) is 18.0. The Labute approximate surface area is 286 Å². The molecule has 3 rings (SSSR count). The van der Waals surface area contributed by atoms with Gasteiger partial charge >= 0.3 is 5.97 Å². The number of ether oxygens (including phenoxy) is 1. The van der Waals surface area contributed by atoms with Crippen molar-refractivity contribution in [2.75, 3.05) is 13.3 Å². The number of benzene rings is 1. The first-order chi connectivity index (χ1) is 23.3. The number of nitrogens with zero attached hydrogens (tertiary/aromatic N) is 2. The SMILES string of the molecule is CCCCC/C=C/C/C=C/CCCCCCCCOC(=O)C[C@H](CC(=O)[C@]1(C(C)C)CC(c2nccc3ccccc23)=NO1)C(=O)CF. The first-order valence-corrected chi connectivity index (χ1v) is 18.0. The minimum absolute atomic E-state index is 0.166. The number of Topliss-reactive ketones (excluding diaryl/α,β-unsaturated/α-hetero) is 2. The molecule has 0 bridgehead atoms. The highest BCUT2D eigenvalue weighted by Gasteiger charge is 2.50. The lowest BCUT2D eigenvalue weighted by molar-refractivity contribution is -0.152. The van der Waals surface area contributed by atoms with Gasteiger partial charge in [-0.25, -0.2) is 4.39 Å². The van der Waals surface area contributed by atoms with Crippen molar-refractivity contribution in [1.82, 2.24) is 4.98 Å². The highest BCUT2D eigenvalue weighted by molar-refractivity contribution is 6.12. The molecule has 0 saturated heterocycles. The van der Waals surface area contributed by atoms with Gasteiger partial charge in [0.2, 0.25) is 5.60 Å². The molecule has 0 aliphatic carbocycles. The van der Waals surface area contributed by atoms with Crippen molar-refractivity contribution in [2.45, 2.75) is 123 Å². The third-order valence-electron chi connectivity index (χ3n) is 9.14. The highest BCUT2D eigenvalue weighted by atomic mass is 19.1. The second-order valence-corrected chi connectivity index (χ2v) is 13.2. The number of hydrogen-bond donors (Lipinski definition) is 0. The molecule has 1 aliphatic heterocycles. The van der Waals surface area contributed by atoms with Crippen LogP contribution in [0.4, 0.5) is 4.39 Å². The molecule has 0 fully saturated rings. The van der Waals surface area contributed by atoms with Crippen molar-refractivity contribution in [2.24, 2.45) is 17.0 Å². The van der Waals surface area contributed by atoms with Crippen LogP contribution in [0.5, 0.6) is 0 Å². The van der Waals surface area contributed by atoms with E-state index in [1.165, 1.54) is 38.5 Å². The number of allylic oxidation sites excluding steroid dienone is 4. The Balaban J connectivity index is 1.37. The topological polar surface area (TPSA) is 94.9 Å². The molecular formula is C40H55FN2O5. The molecule has 2 atom stereocenters. The number of oxime groups is 1. The monoisotopic (exact) mass is 662 g/mol. The van der Waals surface area contributed by atoms with Crippen LogP contribution in [0.15, 0.2) is 66.0 Å². The average Bonchev–Trinajstić information content (AvgIpc) is 3.56. The summed E-state index contributed by atoms with van der Waals surface area (Å²) in [4.78, 5) is 49.2. The largest absolute Gasteiger partial charge is 0.466 e. The fourth-order valence-electron chi connectivity index (χ4n) is 6.05. The van der Waals surface area contributed by atoms with Gasteiger partial charge in [-0.2, -0.15) is 0 Å². The molecule has 1 aromatic carbocycles. The number of halogens is 1. The molecule has 0 unspecified atom stereocenters. The number of alkyl halides is 1. The van der Waals surface area contributed by atoms with E-state index >= 15 is 0 Å². The van der Waals surface area contributed by atoms with Crippen LogP contribution < -0.4 is 0 Å². The van der Waals surface area contributed by atoms with Gasteiger partial charge in [0.15, 0.2) is 11.6 Å². The molecule has 2 aromatic rings. The van der Waals surface area contributed by atoms with Crippen LogP contribution in [-0.2, 0) is 24.0 Å². The van der Waals surface area contributed by atoms with Crippen LogP contribution in [0.2, 0.25) is 0 Å². The maximum absolute atomic E-state index is 13.7. The van der Waals surface area contributed by atoms with Gasteiger partial charge in [0.05, 0.1) is 18.7 Å². The maximum Gasteiger partial charge on any atom is 0.306 e. The number of esters is 1. The van der Waals surface area contributed by atoms with Crippen molar-refractivity contribution >= 4 is 34.0 Å². The summed E-state index contributed by atoms with van der Waals surface area (Å²) in [6.45, 7) is 4.91. The number of rotatable bonds is 24. The molecule has 7 nitrogen and oxygen atoms in total. The molecule has 0 N–H and O–H groups in total. The maximum atomic E-state index is 13.7. The van der Waals surface area contributed by atoms with Crippen LogP contribution in [0, 0.1) is 11.8 Å². The fraction of sp³-hybridized carbons (Fsp3) is 0.575. The summed E-state index contributed by atoms with van der Waals surface area (Å²) in [7, 11) is 0. The summed E-state index contributed by atoms with van der Waals surface area (Å²) in [6.07, 6.45) is 23.6. The molecule has 8 heteroatoms. The molecule has 0 amide bonds. The lowest BCUT2D eigenvalue weighted by atomic mass is 9.77. The van der Waals surface area contributed by atoms with E-state index in [4.69, 9.17) is 9.57 Å². The predicted octanol–water partition coefficient (Wildman–Crippen LogP) is 9.61. The Morgan fingerprint density at radius 1 is 0.917 bits per heavy atom. The van der Waals surface area contributed by atoms with Crippen molar-refractivity contribution in [3.8, 4) is 0 Å². The van der Waals surface area contributed by atoms with Crippen LogP contribution in [-0.4, -0.2) is 47.1 Å². The summed E-state index contributed by atoms with van der Waals surface area (Å²) in [6, 6.07) is 9.66. The molecule has 0 spiro atoms. The Morgan fingerprint density at radius 2 is 1.60 bits per heavy atom. The van der Waals surface area contributed by atoms with Gasteiger partial charge in [-0.05, 0) is 50.0 Å². The third kappa shape index (κ3) is 12.1. The van der Waals surface area contributed by atoms with Gasteiger partial charge in [-0.15, -0.1) is 0 Å². The van der Waals surface area contributed by atoms with Gasteiger partial charge in [-0.1, -0.05) is 113 Å². The second kappa shape index (κ2) is 21.3. The lowest BCUT2D eigenvalue weighted by Gasteiger charge is -2.30. The van der Waals surface area contributed by atoms with Gasteiger partial charge in [0, 0.05) is 36.3 Å². The van der Waals surface area contributed by atoms with E-state index < -0.39 is 29.9 Å². The minimum atomic E-state index is -1.34. The summed E-state index contributed by atoms with van der Waals surface area (Å²) in [5.74, 6) is -3.19. The predicted molar refractivity (Wildman–Crippen MR) is 191 cm³/mol. The normalized spacial score (nSPS) is 16.9. The Kier molecular flexibility index (Phi) is 17.2. The van der Waals surface area contributed by atoms with Gasteiger partial charge < -0.3 is 9.57 Å². The van der Waals surface area contributed by atoms with E-state index in [9.17, 15) is 18.8 Å². The number of hydrogen-bond acceptors (Lipinski definition) is 7. The summed E-state index contributed by atoms with van der Waals surface area (Å²) in [5.41, 5.74) is -0.170. The number of ketones is 2. The van der Waals surface area contributed by atoms with E-state index in [0.717, 1.165) is 49.3 Å². The van der Waals surface area contributed by atoms with Crippen LogP contribution >= 0.6 is 0 Å². The van der Waals surface area contributed by atoms with Crippen LogP contribution in [0.1, 0.15) is 123 Å². The number of carbonyl (C=O) groups excluding carboxylic acids is 3. The summed E-state index contributed by atoms with van der Waals surface area (Å²) in [5, 5.41) is 6.15. The molecule has 1 aliphatic rings. The number of unbranched alkanes of at least 4 members (excludes halogenated alkanes) is 9.